The third-order valence-corrected chi connectivity index (χ3v) is 2.83. The summed E-state index contributed by atoms with van der Waals surface area (Å²) >= 11 is 0. The van der Waals surface area contributed by atoms with Crippen molar-refractivity contribution in [2.45, 2.75) is 32.3 Å². The largest absolute Gasteiger partial charge is 0.476 e. The number of carboxylic acid groups (broad SMARTS) is 1. The number of aromatic nitrogens is 1. The summed E-state index contributed by atoms with van der Waals surface area (Å²) in [6, 6.07) is 0. The summed E-state index contributed by atoms with van der Waals surface area (Å²) in [5, 5.41) is 8.67. The summed E-state index contributed by atoms with van der Waals surface area (Å²) in [6.07, 6.45) is 4.29. The van der Waals surface area contributed by atoms with Crippen molar-refractivity contribution in [1.82, 2.24) is 4.98 Å². The molecule has 0 atom stereocenters. The maximum Gasteiger partial charge on any atom is 0.357 e. The lowest BCUT2D eigenvalue weighted by Crippen LogP contribution is -2.32. The van der Waals surface area contributed by atoms with Crippen LogP contribution in [0, 0.1) is 5.92 Å². The molecule has 1 aliphatic carbocycles. The molecule has 0 amide bonds. The van der Waals surface area contributed by atoms with E-state index in [1.54, 1.807) is 0 Å². The zero-order valence-corrected chi connectivity index (χ0v) is 9.18. The second-order valence-electron chi connectivity index (χ2n) is 4.05. The third kappa shape index (κ3) is 2.41. The summed E-state index contributed by atoms with van der Waals surface area (Å²) in [7, 11) is 0. The highest BCUT2D eigenvalue weighted by molar-refractivity contribution is 5.84. The molecule has 88 valence electrons. The fourth-order valence-electron chi connectivity index (χ4n) is 1.96. The van der Waals surface area contributed by atoms with Gasteiger partial charge in [0.1, 0.15) is 6.26 Å². The molecule has 0 unspecified atom stereocenters. The normalized spacial score (nSPS) is 24.1. The molecule has 5 heteroatoms. The lowest BCUT2D eigenvalue weighted by Gasteiger charge is -2.34. The van der Waals surface area contributed by atoms with Crippen LogP contribution in [0.5, 0.6) is 0 Å². The molecule has 1 heterocycles. The molecule has 0 saturated heterocycles. The average molecular weight is 225 g/mol. The summed E-state index contributed by atoms with van der Waals surface area (Å²) < 4.78 is 10.5. The van der Waals surface area contributed by atoms with Crippen LogP contribution in [-0.4, -0.2) is 28.8 Å². The Balaban J connectivity index is 1.80. The van der Waals surface area contributed by atoms with Crippen LogP contribution in [0.3, 0.4) is 0 Å². The Hall–Kier alpha value is -1.36. The van der Waals surface area contributed by atoms with Gasteiger partial charge < -0.3 is 14.3 Å². The number of ether oxygens (including phenoxy) is 1. The molecule has 1 aliphatic rings. The van der Waals surface area contributed by atoms with Gasteiger partial charge in [-0.25, -0.2) is 9.78 Å². The molecule has 16 heavy (non-hydrogen) atoms. The van der Waals surface area contributed by atoms with Gasteiger partial charge in [-0.15, -0.1) is 0 Å². The van der Waals surface area contributed by atoms with Crippen molar-refractivity contribution in [3.05, 3.63) is 17.8 Å². The summed E-state index contributed by atoms with van der Waals surface area (Å²) in [5.74, 6) is -0.0232. The van der Waals surface area contributed by atoms with Gasteiger partial charge in [-0.2, -0.15) is 0 Å². The average Bonchev–Trinajstić information content (AvgIpc) is 2.63. The number of carboxylic acids is 1. The predicted octanol–water partition coefficient (Wildman–Crippen LogP) is 1.73. The van der Waals surface area contributed by atoms with Crippen molar-refractivity contribution < 1.29 is 19.1 Å². The zero-order valence-electron chi connectivity index (χ0n) is 9.18. The van der Waals surface area contributed by atoms with E-state index in [1.807, 2.05) is 6.92 Å². The number of aromatic carboxylic acids is 1. The van der Waals surface area contributed by atoms with Crippen LogP contribution in [-0.2, 0) is 11.2 Å². The Morgan fingerprint density at radius 2 is 2.44 bits per heavy atom. The molecule has 5 nitrogen and oxygen atoms in total. The Kier molecular flexibility index (Phi) is 3.24. The van der Waals surface area contributed by atoms with Crippen LogP contribution in [0.1, 0.15) is 36.1 Å². The molecular formula is C11H15NO4. The highest BCUT2D eigenvalue weighted by Gasteiger charge is 2.30. The Morgan fingerprint density at radius 1 is 1.69 bits per heavy atom. The standard InChI is InChI=1S/C11H15NO4/c1-2-15-8-3-7(4-8)5-10-12-9(6-16-10)11(13)14/h6-8H,2-5H2,1H3,(H,13,14). The van der Waals surface area contributed by atoms with E-state index in [9.17, 15) is 4.79 Å². The first-order valence-electron chi connectivity index (χ1n) is 5.48. The molecule has 1 aromatic heterocycles. The Morgan fingerprint density at radius 3 is 3.00 bits per heavy atom. The van der Waals surface area contributed by atoms with E-state index in [0.717, 1.165) is 19.4 Å². The minimum Gasteiger partial charge on any atom is -0.476 e. The van der Waals surface area contributed by atoms with Gasteiger partial charge in [0.2, 0.25) is 0 Å². The van der Waals surface area contributed by atoms with Crippen molar-refractivity contribution in [1.29, 1.82) is 0 Å². The summed E-state index contributed by atoms with van der Waals surface area (Å²) in [4.78, 5) is 14.5. The molecule has 1 fully saturated rings. The lowest BCUT2D eigenvalue weighted by molar-refractivity contribution is -0.0255. The van der Waals surface area contributed by atoms with E-state index in [2.05, 4.69) is 4.98 Å². The molecular weight excluding hydrogens is 210 g/mol. The highest BCUT2D eigenvalue weighted by atomic mass is 16.5. The van der Waals surface area contributed by atoms with E-state index in [1.165, 1.54) is 6.26 Å². The number of rotatable bonds is 5. The van der Waals surface area contributed by atoms with E-state index in [-0.39, 0.29) is 5.69 Å². The number of nitrogens with zero attached hydrogens (tertiary/aromatic N) is 1. The van der Waals surface area contributed by atoms with Crippen molar-refractivity contribution >= 4 is 5.97 Å². The fraction of sp³-hybridized carbons (Fsp3) is 0.636. The van der Waals surface area contributed by atoms with Gasteiger partial charge in [0.25, 0.3) is 0 Å². The molecule has 1 saturated carbocycles. The van der Waals surface area contributed by atoms with Gasteiger partial charge in [-0.1, -0.05) is 0 Å². The van der Waals surface area contributed by atoms with Crippen LogP contribution >= 0.6 is 0 Å². The number of carbonyl (C=O) groups is 1. The summed E-state index contributed by atoms with van der Waals surface area (Å²) in [5.41, 5.74) is -0.0179. The topological polar surface area (TPSA) is 72.6 Å². The molecule has 1 aromatic rings. The van der Waals surface area contributed by atoms with Gasteiger partial charge in [0, 0.05) is 13.0 Å². The Labute approximate surface area is 93.4 Å². The van der Waals surface area contributed by atoms with Crippen LogP contribution < -0.4 is 0 Å². The van der Waals surface area contributed by atoms with Gasteiger partial charge in [0.05, 0.1) is 6.10 Å². The maximum absolute atomic E-state index is 10.6. The van der Waals surface area contributed by atoms with Crippen molar-refractivity contribution in [2.75, 3.05) is 6.61 Å². The molecule has 0 spiro atoms. The van der Waals surface area contributed by atoms with Crippen LogP contribution in [0.25, 0.3) is 0 Å². The van der Waals surface area contributed by atoms with Gasteiger partial charge in [0.15, 0.2) is 11.6 Å². The lowest BCUT2D eigenvalue weighted by atomic mass is 9.80. The van der Waals surface area contributed by atoms with Crippen LogP contribution in [0.2, 0.25) is 0 Å². The minimum atomic E-state index is -1.05. The summed E-state index contributed by atoms with van der Waals surface area (Å²) in [6.45, 7) is 2.74. The molecule has 0 bridgehead atoms. The first-order chi connectivity index (χ1) is 7.69. The minimum absolute atomic E-state index is 0.0179. The monoisotopic (exact) mass is 225 g/mol. The fourth-order valence-corrected chi connectivity index (χ4v) is 1.96. The second-order valence-corrected chi connectivity index (χ2v) is 4.05. The van der Waals surface area contributed by atoms with Crippen molar-refractivity contribution in [3.63, 3.8) is 0 Å². The second kappa shape index (κ2) is 4.65. The number of oxazole rings is 1. The number of hydrogen-bond donors (Lipinski definition) is 1. The van der Waals surface area contributed by atoms with E-state index in [0.29, 0.717) is 24.3 Å². The maximum atomic E-state index is 10.6. The highest BCUT2D eigenvalue weighted by Crippen LogP contribution is 2.32. The molecule has 0 radical (unpaired) electrons. The molecule has 0 aromatic carbocycles. The van der Waals surface area contributed by atoms with E-state index >= 15 is 0 Å². The van der Waals surface area contributed by atoms with Crippen LogP contribution in [0.4, 0.5) is 0 Å². The first-order valence-corrected chi connectivity index (χ1v) is 5.48. The predicted molar refractivity (Wildman–Crippen MR) is 55.3 cm³/mol. The molecule has 2 rings (SSSR count). The Bertz CT molecular complexity index is 368. The third-order valence-electron chi connectivity index (χ3n) is 2.83. The molecule has 0 aliphatic heterocycles. The van der Waals surface area contributed by atoms with Crippen molar-refractivity contribution in [3.8, 4) is 0 Å². The SMILES string of the molecule is CCOC1CC(Cc2nc(C(=O)O)co2)C1. The molecule has 1 N–H and O–H groups in total. The van der Waals surface area contributed by atoms with Crippen molar-refractivity contribution in [2.24, 2.45) is 5.92 Å². The zero-order chi connectivity index (χ0) is 11.5. The van der Waals surface area contributed by atoms with E-state index in [4.69, 9.17) is 14.3 Å². The van der Waals surface area contributed by atoms with Gasteiger partial charge >= 0.3 is 5.97 Å². The van der Waals surface area contributed by atoms with E-state index < -0.39 is 5.97 Å². The quantitative estimate of drug-likeness (QED) is 0.826. The van der Waals surface area contributed by atoms with Gasteiger partial charge in [-0.3, -0.25) is 0 Å². The van der Waals surface area contributed by atoms with Gasteiger partial charge in [-0.05, 0) is 25.7 Å². The van der Waals surface area contributed by atoms with Crippen LogP contribution in [0.15, 0.2) is 10.7 Å². The first kappa shape index (κ1) is 11.1. The number of hydrogen-bond acceptors (Lipinski definition) is 4. The smallest absolute Gasteiger partial charge is 0.357 e.